The number of ether oxygens (including phenoxy) is 2. The zero-order valence-electron chi connectivity index (χ0n) is 17.1. The topological polar surface area (TPSA) is 72.1 Å². The van der Waals surface area contributed by atoms with E-state index in [1.807, 2.05) is 24.3 Å². The Bertz CT molecular complexity index is 794. The molecule has 1 aliphatic rings. The van der Waals surface area contributed by atoms with Crippen molar-refractivity contribution in [1.29, 1.82) is 0 Å². The van der Waals surface area contributed by atoms with Crippen molar-refractivity contribution < 1.29 is 9.47 Å². The fourth-order valence-corrected chi connectivity index (χ4v) is 3.48. The lowest BCUT2D eigenvalue weighted by molar-refractivity contribution is 0.0180. The number of benzene rings is 2. The maximum absolute atomic E-state index is 6.21. The summed E-state index contributed by atoms with van der Waals surface area (Å²) in [5.74, 6) is 0.412. The average molecular weight is 510 g/mol. The van der Waals surface area contributed by atoms with Gasteiger partial charge in [-0.2, -0.15) is 0 Å². The second kappa shape index (κ2) is 12.1. The van der Waals surface area contributed by atoms with E-state index >= 15 is 0 Å². The molecule has 1 fully saturated rings. The standard InChI is InChI=1S/C22H30N4O2.HI/c1-17-6-5-8-18(14-17)21(26-10-12-28-13-11-26)15-24-22(23)25-20-9-4-3-7-19(20)16-27-2;/h3-9,14,21H,10-13,15-16H2,1-2H3,(H3,23,24,25);1H. The molecule has 3 rings (SSSR count). The third-order valence-corrected chi connectivity index (χ3v) is 4.93. The Labute approximate surface area is 190 Å². The van der Waals surface area contributed by atoms with E-state index in [4.69, 9.17) is 15.2 Å². The van der Waals surface area contributed by atoms with Gasteiger partial charge in [0.15, 0.2) is 5.96 Å². The van der Waals surface area contributed by atoms with Crippen LogP contribution >= 0.6 is 24.0 Å². The Hall–Kier alpha value is -1.68. The zero-order chi connectivity index (χ0) is 19.8. The van der Waals surface area contributed by atoms with E-state index in [1.54, 1.807) is 7.11 Å². The lowest BCUT2D eigenvalue weighted by Gasteiger charge is -2.34. The van der Waals surface area contributed by atoms with E-state index in [-0.39, 0.29) is 30.0 Å². The number of methoxy groups -OCH3 is 1. The highest BCUT2D eigenvalue weighted by atomic mass is 127. The summed E-state index contributed by atoms with van der Waals surface area (Å²) in [5.41, 5.74) is 10.7. The number of guanidine groups is 1. The molecule has 6 nitrogen and oxygen atoms in total. The number of nitrogens with zero attached hydrogens (tertiary/aromatic N) is 2. The van der Waals surface area contributed by atoms with Crippen molar-refractivity contribution in [1.82, 2.24) is 4.90 Å². The van der Waals surface area contributed by atoms with Crippen LogP contribution in [0.15, 0.2) is 53.5 Å². The molecule has 1 atom stereocenters. The Morgan fingerprint density at radius 1 is 1.21 bits per heavy atom. The van der Waals surface area contributed by atoms with Crippen LogP contribution in [-0.4, -0.2) is 50.8 Å². The molecule has 1 heterocycles. The molecule has 7 heteroatoms. The minimum atomic E-state index is 0. The number of halogens is 1. The van der Waals surface area contributed by atoms with Gasteiger partial charge < -0.3 is 20.5 Å². The number of nitrogens with two attached hydrogens (primary N) is 1. The van der Waals surface area contributed by atoms with Gasteiger partial charge in [-0.05, 0) is 18.6 Å². The van der Waals surface area contributed by atoms with E-state index < -0.39 is 0 Å². The quantitative estimate of drug-likeness (QED) is 0.339. The minimum absolute atomic E-state index is 0. The van der Waals surface area contributed by atoms with Crippen molar-refractivity contribution in [2.75, 3.05) is 45.3 Å². The first-order valence-corrected chi connectivity index (χ1v) is 9.69. The van der Waals surface area contributed by atoms with E-state index in [1.165, 1.54) is 11.1 Å². The van der Waals surface area contributed by atoms with Crippen LogP contribution in [0.4, 0.5) is 5.69 Å². The third kappa shape index (κ3) is 6.95. The molecule has 1 aliphatic heterocycles. The number of aryl methyl sites for hydroxylation is 1. The molecular weight excluding hydrogens is 479 g/mol. The summed E-state index contributed by atoms with van der Waals surface area (Å²) in [4.78, 5) is 7.09. The molecule has 0 aliphatic carbocycles. The summed E-state index contributed by atoms with van der Waals surface area (Å²) in [6.45, 7) is 6.54. The number of morpholine rings is 1. The molecule has 0 saturated carbocycles. The molecule has 1 unspecified atom stereocenters. The van der Waals surface area contributed by atoms with Crippen LogP contribution in [0.1, 0.15) is 22.7 Å². The number of hydrogen-bond donors (Lipinski definition) is 2. The summed E-state index contributed by atoms with van der Waals surface area (Å²) in [6.07, 6.45) is 0. The van der Waals surface area contributed by atoms with Gasteiger partial charge in [0.2, 0.25) is 0 Å². The molecule has 158 valence electrons. The highest BCUT2D eigenvalue weighted by molar-refractivity contribution is 14.0. The predicted octanol–water partition coefficient (Wildman–Crippen LogP) is 3.56. The number of aliphatic imine (C=N–C) groups is 1. The lowest BCUT2D eigenvalue weighted by atomic mass is 10.0. The van der Waals surface area contributed by atoms with E-state index in [2.05, 4.69) is 46.4 Å². The second-order valence-electron chi connectivity index (χ2n) is 7.02. The zero-order valence-corrected chi connectivity index (χ0v) is 19.5. The van der Waals surface area contributed by atoms with Crippen molar-refractivity contribution in [2.45, 2.75) is 19.6 Å². The van der Waals surface area contributed by atoms with Crippen molar-refractivity contribution in [3.63, 3.8) is 0 Å². The van der Waals surface area contributed by atoms with Gasteiger partial charge in [-0.15, -0.1) is 24.0 Å². The first kappa shape index (κ1) is 23.6. The highest BCUT2D eigenvalue weighted by Crippen LogP contribution is 2.23. The predicted molar refractivity (Wildman–Crippen MR) is 129 cm³/mol. The van der Waals surface area contributed by atoms with Crippen LogP contribution in [0.3, 0.4) is 0 Å². The first-order valence-electron chi connectivity index (χ1n) is 9.69. The molecule has 0 amide bonds. The Balaban J connectivity index is 0.00000300. The molecule has 0 spiro atoms. The normalized spacial score (nSPS) is 16.1. The monoisotopic (exact) mass is 510 g/mol. The third-order valence-electron chi connectivity index (χ3n) is 4.93. The van der Waals surface area contributed by atoms with Gasteiger partial charge in [0, 0.05) is 31.5 Å². The lowest BCUT2D eigenvalue weighted by Crippen LogP contribution is -2.40. The number of para-hydroxylation sites is 1. The second-order valence-corrected chi connectivity index (χ2v) is 7.02. The van der Waals surface area contributed by atoms with Gasteiger partial charge in [-0.1, -0.05) is 48.0 Å². The fourth-order valence-electron chi connectivity index (χ4n) is 3.48. The molecular formula is C22H31IN4O2. The maximum Gasteiger partial charge on any atom is 0.193 e. The largest absolute Gasteiger partial charge is 0.380 e. The molecule has 0 bridgehead atoms. The molecule has 0 radical (unpaired) electrons. The van der Waals surface area contributed by atoms with Crippen molar-refractivity contribution >= 4 is 35.6 Å². The summed E-state index contributed by atoms with van der Waals surface area (Å²) >= 11 is 0. The number of nitrogens with one attached hydrogen (secondary N) is 1. The highest BCUT2D eigenvalue weighted by Gasteiger charge is 2.22. The fraction of sp³-hybridized carbons (Fsp3) is 0.409. The van der Waals surface area contributed by atoms with E-state index in [9.17, 15) is 0 Å². The van der Waals surface area contributed by atoms with Crippen LogP contribution in [0, 0.1) is 6.92 Å². The van der Waals surface area contributed by atoms with Crippen LogP contribution in [0.2, 0.25) is 0 Å². The van der Waals surface area contributed by atoms with E-state index in [0.29, 0.717) is 19.1 Å². The summed E-state index contributed by atoms with van der Waals surface area (Å²) in [6, 6.07) is 16.7. The summed E-state index contributed by atoms with van der Waals surface area (Å²) in [7, 11) is 1.68. The first-order chi connectivity index (χ1) is 13.7. The Morgan fingerprint density at radius 2 is 1.97 bits per heavy atom. The Morgan fingerprint density at radius 3 is 2.69 bits per heavy atom. The molecule has 0 aromatic heterocycles. The SMILES string of the molecule is COCc1ccccc1NC(N)=NCC(c1cccc(C)c1)N1CCOCC1.I. The Kier molecular flexibility index (Phi) is 9.86. The summed E-state index contributed by atoms with van der Waals surface area (Å²) in [5, 5.41) is 3.22. The van der Waals surface area contributed by atoms with Gasteiger partial charge in [0.05, 0.1) is 32.4 Å². The molecule has 3 N–H and O–H groups in total. The average Bonchev–Trinajstić information content (AvgIpc) is 2.71. The molecule has 29 heavy (non-hydrogen) atoms. The van der Waals surface area contributed by atoms with Crippen LogP contribution in [0.5, 0.6) is 0 Å². The molecule has 1 saturated heterocycles. The van der Waals surface area contributed by atoms with Gasteiger partial charge in [0.25, 0.3) is 0 Å². The van der Waals surface area contributed by atoms with Crippen molar-refractivity contribution in [3.05, 3.63) is 65.2 Å². The van der Waals surface area contributed by atoms with Crippen molar-refractivity contribution in [3.8, 4) is 0 Å². The minimum Gasteiger partial charge on any atom is -0.380 e. The number of anilines is 1. The number of rotatable bonds is 7. The molecule has 2 aromatic rings. The smallest absolute Gasteiger partial charge is 0.193 e. The molecule has 2 aromatic carbocycles. The van der Waals surface area contributed by atoms with Crippen LogP contribution in [-0.2, 0) is 16.1 Å². The maximum atomic E-state index is 6.21. The van der Waals surface area contributed by atoms with Gasteiger partial charge in [-0.3, -0.25) is 9.89 Å². The van der Waals surface area contributed by atoms with Gasteiger partial charge in [-0.25, -0.2) is 0 Å². The number of hydrogen-bond acceptors (Lipinski definition) is 4. The summed E-state index contributed by atoms with van der Waals surface area (Å²) < 4.78 is 10.8. The van der Waals surface area contributed by atoms with Crippen molar-refractivity contribution in [2.24, 2.45) is 10.7 Å². The van der Waals surface area contributed by atoms with Crippen LogP contribution < -0.4 is 11.1 Å². The van der Waals surface area contributed by atoms with E-state index in [0.717, 1.165) is 37.6 Å². The van der Waals surface area contributed by atoms with Gasteiger partial charge >= 0.3 is 0 Å². The van der Waals surface area contributed by atoms with Crippen LogP contribution in [0.25, 0.3) is 0 Å². The van der Waals surface area contributed by atoms with Gasteiger partial charge in [0.1, 0.15) is 0 Å².